The number of aryl methyl sites for hydroxylation is 2. The molecule has 1 spiro atoms. The molecule has 5 aromatic rings. The summed E-state index contributed by atoms with van der Waals surface area (Å²) < 4.78 is 34.7. The van der Waals surface area contributed by atoms with E-state index in [-0.39, 0.29) is 34.2 Å². The van der Waals surface area contributed by atoms with E-state index in [0.717, 1.165) is 76.8 Å². The largest absolute Gasteiger partial charge is 0.481 e. The molecule has 2 saturated heterocycles. The number of methoxy groups -OCH3 is 1. The number of nitrogens with one attached hydrogen (secondary N) is 3. The summed E-state index contributed by atoms with van der Waals surface area (Å²) in [5, 5.41) is 14.1. The number of rotatable bonds is 7. The van der Waals surface area contributed by atoms with E-state index in [0.29, 0.717) is 28.8 Å². The molecule has 5 heterocycles. The predicted molar refractivity (Wildman–Crippen MR) is 196 cm³/mol. The molecule has 2 aliphatic heterocycles. The Morgan fingerprint density at radius 3 is 2.65 bits per heavy atom. The number of likely N-dealkylation sites (tertiary alicyclic amines) is 1. The summed E-state index contributed by atoms with van der Waals surface area (Å²) in [5.41, 5.74) is 5.49. The fourth-order valence-corrected chi connectivity index (χ4v) is 8.41. The van der Waals surface area contributed by atoms with Gasteiger partial charge in [0.1, 0.15) is 11.5 Å². The highest BCUT2D eigenvalue weighted by Crippen LogP contribution is 2.46. The fourth-order valence-electron chi connectivity index (χ4n) is 8.09. The van der Waals surface area contributed by atoms with Gasteiger partial charge < -0.3 is 20.7 Å². The number of anilines is 2. The first-order chi connectivity index (χ1) is 25.1. The normalized spacial score (nSPS) is 20.0. The SMILES string of the molecule is COc1nc(-c2cccc(-c3cccc(Nc4nc(C(F)F)cc5cnn(C)c(=O)c45)c3C)c2Cl)cc2c1[C@@H](N1CC[C@]3(CCNC(=O)N3)C1)CC2. The number of amides is 2. The molecule has 14 heteroatoms. The van der Waals surface area contributed by atoms with E-state index in [1.54, 1.807) is 13.2 Å². The molecule has 11 nitrogen and oxygen atoms in total. The molecule has 3 N–H and O–H groups in total. The lowest BCUT2D eigenvalue weighted by atomic mass is 9.93. The van der Waals surface area contributed by atoms with Crippen LogP contribution in [-0.4, -0.2) is 63.0 Å². The van der Waals surface area contributed by atoms with Gasteiger partial charge in [-0.15, -0.1) is 0 Å². The van der Waals surface area contributed by atoms with Crippen LogP contribution in [0.15, 0.2) is 59.5 Å². The maximum absolute atomic E-state index is 13.8. The van der Waals surface area contributed by atoms with Gasteiger partial charge in [-0.25, -0.2) is 28.2 Å². The highest BCUT2D eigenvalue weighted by Gasteiger charge is 2.45. The van der Waals surface area contributed by atoms with Crippen LogP contribution in [0.5, 0.6) is 5.88 Å². The van der Waals surface area contributed by atoms with E-state index in [1.165, 1.54) is 19.3 Å². The average Bonchev–Trinajstić information content (AvgIpc) is 3.74. The number of pyridine rings is 2. The molecule has 2 atom stereocenters. The van der Waals surface area contributed by atoms with Crippen LogP contribution in [0.1, 0.15) is 54.1 Å². The molecule has 3 aliphatic rings. The van der Waals surface area contributed by atoms with Crippen LogP contribution < -0.4 is 26.2 Å². The third-order valence-electron chi connectivity index (χ3n) is 10.7. The molecule has 2 fully saturated rings. The number of benzene rings is 2. The second kappa shape index (κ2) is 13.1. The quantitative estimate of drug-likeness (QED) is 0.167. The van der Waals surface area contributed by atoms with Gasteiger partial charge in [-0.05, 0) is 67.5 Å². The van der Waals surface area contributed by atoms with Crippen LogP contribution in [-0.2, 0) is 13.5 Å². The van der Waals surface area contributed by atoms with Crippen LogP contribution in [0.25, 0.3) is 33.2 Å². The lowest BCUT2D eigenvalue weighted by molar-refractivity contribution is 0.146. The van der Waals surface area contributed by atoms with Crippen LogP contribution in [0.3, 0.4) is 0 Å². The van der Waals surface area contributed by atoms with E-state index in [1.807, 2.05) is 37.3 Å². The van der Waals surface area contributed by atoms with Crippen LogP contribution in [0.4, 0.5) is 25.1 Å². The average molecular weight is 727 g/mol. The molecule has 52 heavy (non-hydrogen) atoms. The Balaban J connectivity index is 1.13. The third kappa shape index (κ3) is 5.81. The number of nitrogens with zero attached hydrogens (tertiary/aromatic N) is 5. The van der Waals surface area contributed by atoms with Gasteiger partial charge in [0.15, 0.2) is 0 Å². The first-order valence-corrected chi connectivity index (χ1v) is 17.6. The topological polar surface area (TPSA) is 126 Å². The van der Waals surface area contributed by atoms with E-state index in [4.69, 9.17) is 21.3 Å². The first kappa shape index (κ1) is 34.0. The van der Waals surface area contributed by atoms with Crippen molar-refractivity contribution in [3.63, 3.8) is 0 Å². The number of urea groups is 1. The van der Waals surface area contributed by atoms with Gasteiger partial charge in [0.25, 0.3) is 12.0 Å². The molecule has 2 amide bonds. The Labute approximate surface area is 303 Å². The van der Waals surface area contributed by atoms with Crippen LogP contribution >= 0.6 is 11.6 Å². The molecule has 3 aromatic heterocycles. The summed E-state index contributed by atoms with van der Waals surface area (Å²) in [4.78, 5) is 36.8. The minimum Gasteiger partial charge on any atom is -0.481 e. The van der Waals surface area contributed by atoms with Crippen molar-refractivity contribution in [1.82, 2.24) is 35.3 Å². The van der Waals surface area contributed by atoms with Gasteiger partial charge in [0.2, 0.25) is 5.88 Å². The zero-order valence-corrected chi connectivity index (χ0v) is 29.7. The van der Waals surface area contributed by atoms with Crippen molar-refractivity contribution >= 4 is 39.9 Å². The molecule has 0 unspecified atom stereocenters. The molecule has 2 aromatic carbocycles. The van der Waals surface area contributed by atoms with Crippen molar-refractivity contribution in [2.75, 3.05) is 32.1 Å². The number of hydrogen-bond acceptors (Lipinski definition) is 8. The molecule has 1 aliphatic carbocycles. The highest BCUT2D eigenvalue weighted by molar-refractivity contribution is 6.36. The maximum Gasteiger partial charge on any atom is 0.315 e. The molecule has 0 saturated carbocycles. The lowest BCUT2D eigenvalue weighted by Crippen LogP contribution is -2.59. The standard InChI is InChI=1S/C38H37ClF2N8O3/c1-20-23(6-5-9-26(20)44-34-31-22(17-28(45-34)33(40)41)18-43-48(2)36(31)50)24-7-4-8-25(32(24)39)27-16-21-10-11-29(30(21)35(46-27)52-3)49-15-13-38(19-49)12-14-42-37(51)47-38/h4-9,16-18,29,33H,10-15,19H2,1-3H3,(H,44,45)(H2,42,47,51)/t29-,38+/m0/s1. The van der Waals surface area contributed by atoms with Gasteiger partial charge in [0, 0.05) is 60.5 Å². The monoisotopic (exact) mass is 726 g/mol. The summed E-state index contributed by atoms with van der Waals surface area (Å²) >= 11 is 7.21. The summed E-state index contributed by atoms with van der Waals surface area (Å²) in [5.74, 6) is 0.592. The van der Waals surface area contributed by atoms with E-state index < -0.39 is 17.7 Å². The van der Waals surface area contributed by atoms with Gasteiger partial charge in [-0.2, -0.15) is 5.10 Å². The van der Waals surface area contributed by atoms with Crippen molar-refractivity contribution < 1.29 is 18.3 Å². The van der Waals surface area contributed by atoms with E-state index in [2.05, 4.69) is 37.0 Å². The number of carbonyl (C=O) groups excluding carboxylic acids is 1. The molecular weight excluding hydrogens is 690 g/mol. The van der Waals surface area contributed by atoms with Crippen LogP contribution in [0.2, 0.25) is 5.02 Å². The minimum atomic E-state index is -2.84. The minimum absolute atomic E-state index is 0.0215. The van der Waals surface area contributed by atoms with Gasteiger partial charge in [-0.1, -0.05) is 41.9 Å². The second-order valence-corrected chi connectivity index (χ2v) is 14.2. The van der Waals surface area contributed by atoms with Crippen molar-refractivity contribution in [3.8, 4) is 28.3 Å². The Morgan fingerprint density at radius 2 is 1.87 bits per heavy atom. The highest BCUT2D eigenvalue weighted by atomic mass is 35.5. The molecule has 8 rings (SSSR count). The molecular formula is C38H37ClF2N8O3. The summed E-state index contributed by atoms with van der Waals surface area (Å²) in [7, 11) is 3.14. The Kier molecular flexibility index (Phi) is 8.57. The van der Waals surface area contributed by atoms with Crippen molar-refractivity contribution in [1.29, 1.82) is 0 Å². The fraction of sp³-hybridized carbons (Fsp3) is 0.342. The Hall–Kier alpha value is -5.14. The number of aromatic nitrogens is 4. The van der Waals surface area contributed by atoms with E-state index >= 15 is 0 Å². The predicted octanol–water partition coefficient (Wildman–Crippen LogP) is 6.84. The van der Waals surface area contributed by atoms with Crippen molar-refractivity contribution in [3.05, 3.63) is 92.5 Å². The number of hydrogen-bond donors (Lipinski definition) is 3. The number of ether oxygens (including phenoxy) is 1. The molecule has 0 radical (unpaired) electrons. The third-order valence-corrected chi connectivity index (χ3v) is 11.1. The number of alkyl halides is 2. The zero-order valence-electron chi connectivity index (χ0n) is 28.9. The lowest BCUT2D eigenvalue weighted by Gasteiger charge is -2.36. The first-order valence-electron chi connectivity index (χ1n) is 17.2. The molecule has 268 valence electrons. The summed E-state index contributed by atoms with van der Waals surface area (Å²) in [6.07, 6.45) is 2.14. The van der Waals surface area contributed by atoms with Gasteiger partial charge in [0.05, 0.1) is 34.9 Å². The number of carbonyl (C=O) groups is 1. The van der Waals surface area contributed by atoms with Crippen LogP contribution in [0, 0.1) is 6.92 Å². The summed E-state index contributed by atoms with van der Waals surface area (Å²) in [6.45, 7) is 4.24. The Bertz CT molecular complexity index is 2320. The number of halogens is 3. The smallest absolute Gasteiger partial charge is 0.315 e. The molecule has 0 bridgehead atoms. The Morgan fingerprint density at radius 1 is 1.08 bits per heavy atom. The van der Waals surface area contributed by atoms with Crippen molar-refractivity contribution in [2.45, 2.75) is 50.6 Å². The second-order valence-electron chi connectivity index (χ2n) is 13.8. The zero-order chi connectivity index (χ0) is 36.3. The van der Waals surface area contributed by atoms with E-state index in [9.17, 15) is 18.4 Å². The van der Waals surface area contributed by atoms with Gasteiger partial charge in [-0.3, -0.25) is 9.69 Å². The maximum atomic E-state index is 13.8. The summed E-state index contributed by atoms with van der Waals surface area (Å²) in [6, 6.07) is 14.7. The van der Waals surface area contributed by atoms with Gasteiger partial charge >= 0.3 is 6.03 Å². The van der Waals surface area contributed by atoms with Crippen molar-refractivity contribution in [2.24, 2.45) is 7.05 Å². The number of fused-ring (bicyclic) bond motifs is 2.